The van der Waals surface area contributed by atoms with Gasteiger partial charge in [-0.2, -0.15) is 0 Å². The molecule has 0 bridgehead atoms. The van der Waals surface area contributed by atoms with Crippen LogP contribution in [0.2, 0.25) is 0 Å². The first-order valence-electron chi connectivity index (χ1n) is 8.13. The Morgan fingerprint density at radius 3 is 2.65 bits per heavy atom. The third-order valence-corrected chi connectivity index (χ3v) is 5.83. The Labute approximate surface area is 131 Å². The molecule has 1 N–H and O–H groups in total. The van der Waals surface area contributed by atoms with Gasteiger partial charge in [0.2, 0.25) is 0 Å². The summed E-state index contributed by atoms with van der Waals surface area (Å²) in [6.45, 7) is 3.70. The van der Waals surface area contributed by atoms with Gasteiger partial charge in [-0.05, 0) is 54.7 Å². The largest absolute Gasteiger partial charge is 0.313 e. The molecule has 2 aliphatic carbocycles. The molecule has 0 aromatic heterocycles. The van der Waals surface area contributed by atoms with E-state index in [2.05, 4.69) is 52.4 Å². The molecule has 20 heavy (non-hydrogen) atoms. The molecule has 1 aromatic rings. The molecule has 0 unspecified atom stereocenters. The van der Waals surface area contributed by atoms with Gasteiger partial charge in [-0.25, -0.2) is 0 Å². The summed E-state index contributed by atoms with van der Waals surface area (Å²) in [5.74, 6) is 0.768. The number of halogens is 1. The molecule has 0 spiro atoms. The third-order valence-electron chi connectivity index (χ3n) is 5.34. The lowest BCUT2D eigenvalue weighted by atomic mass is 9.73. The normalized spacial score (nSPS) is 28.9. The Morgan fingerprint density at radius 1 is 1.20 bits per heavy atom. The highest BCUT2D eigenvalue weighted by atomic mass is 79.9. The van der Waals surface area contributed by atoms with Crippen LogP contribution in [0, 0.1) is 5.41 Å². The van der Waals surface area contributed by atoms with Crippen LogP contribution in [-0.2, 0) is 0 Å². The zero-order valence-corrected chi connectivity index (χ0v) is 14.1. The van der Waals surface area contributed by atoms with Crippen LogP contribution in [-0.4, -0.2) is 12.6 Å². The lowest BCUT2D eigenvalue weighted by molar-refractivity contribution is 0.178. The van der Waals surface area contributed by atoms with Gasteiger partial charge in [0.1, 0.15) is 0 Å². The van der Waals surface area contributed by atoms with E-state index < -0.39 is 0 Å². The first-order chi connectivity index (χ1) is 9.65. The van der Waals surface area contributed by atoms with Crippen molar-refractivity contribution in [3.8, 4) is 0 Å². The Hall–Kier alpha value is -0.340. The van der Waals surface area contributed by atoms with Gasteiger partial charge in [0.05, 0.1) is 0 Å². The summed E-state index contributed by atoms with van der Waals surface area (Å²) in [7, 11) is 0. The van der Waals surface area contributed by atoms with E-state index in [1.165, 1.54) is 61.5 Å². The van der Waals surface area contributed by atoms with E-state index in [9.17, 15) is 0 Å². The van der Waals surface area contributed by atoms with Crippen molar-refractivity contribution in [1.82, 2.24) is 5.32 Å². The quantitative estimate of drug-likeness (QED) is 0.791. The number of nitrogens with one attached hydrogen (secondary N) is 1. The topological polar surface area (TPSA) is 12.0 Å². The molecule has 0 saturated heterocycles. The maximum absolute atomic E-state index is 3.83. The molecule has 0 amide bonds. The summed E-state index contributed by atoms with van der Waals surface area (Å²) in [6.07, 6.45) is 9.78. The monoisotopic (exact) mass is 335 g/mol. The Balaban J connectivity index is 1.44. The first-order valence-corrected chi connectivity index (χ1v) is 8.93. The van der Waals surface area contributed by atoms with Crippen molar-refractivity contribution in [2.45, 2.75) is 63.8 Å². The van der Waals surface area contributed by atoms with E-state index in [-0.39, 0.29) is 0 Å². The molecular weight excluding hydrogens is 310 g/mol. The highest BCUT2D eigenvalue weighted by Crippen LogP contribution is 2.39. The fourth-order valence-electron chi connectivity index (χ4n) is 3.79. The van der Waals surface area contributed by atoms with Gasteiger partial charge >= 0.3 is 0 Å². The molecule has 1 aromatic carbocycles. The van der Waals surface area contributed by atoms with Crippen LogP contribution in [0.25, 0.3) is 0 Å². The van der Waals surface area contributed by atoms with E-state index >= 15 is 0 Å². The molecule has 2 aliphatic rings. The summed E-state index contributed by atoms with van der Waals surface area (Å²) in [5.41, 5.74) is 2.07. The molecule has 2 heteroatoms. The zero-order valence-electron chi connectivity index (χ0n) is 12.5. The van der Waals surface area contributed by atoms with Gasteiger partial charge in [-0.3, -0.25) is 0 Å². The molecule has 2 fully saturated rings. The molecule has 3 rings (SSSR count). The molecule has 0 aliphatic heterocycles. The van der Waals surface area contributed by atoms with Gasteiger partial charge in [0.15, 0.2) is 0 Å². The van der Waals surface area contributed by atoms with Crippen LogP contribution in [0.5, 0.6) is 0 Å². The fraction of sp³-hybridized carbons (Fsp3) is 0.667. The van der Waals surface area contributed by atoms with Crippen molar-refractivity contribution in [2.24, 2.45) is 5.41 Å². The highest BCUT2D eigenvalue weighted by Gasteiger charge is 2.33. The van der Waals surface area contributed by atoms with Gasteiger partial charge in [-0.15, -0.1) is 0 Å². The van der Waals surface area contributed by atoms with Crippen LogP contribution in [0.15, 0.2) is 28.7 Å². The number of hydrogen-bond acceptors (Lipinski definition) is 1. The highest BCUT2D eigenvalue weighted by molar-refractivity contribution is 9.10. The zero-order chi connectivity index (χ0) is 14.0. The van der Waals surface area contributed by atoms with E-state index in [0.29, 0.717) is 5.41 Å². The average Bonchev–Trinajstić information content (AvgIpc) is 2.38. The molecule has 0 heterocycles. The first kappa shape index (κ1) is 14.6. The van der Waals surface area contributed by atoms with Crippen LogP contribution < -0.4 is 5.32 Å². The van der Waals surface area contributed by atoms with Crippen molar-refractivity contribution < 1.29 is 0 Å². The second-order valence-corrected chi connectivity index (χ2v) is 8.09. The van der Waals surface area contributed by atoms with Crippen molar-refractivity contribution in [3.05, 3.63) is 34.3 Å². The maximum Gasteiger partial charge on any atom is 0.0178 e. The van der Waals surface area contributed by atoms with E-state index in [1.807, 2.05) is 0 Å². The number of hydrogen-bond donors (Lipinski definition) is 1. The van der Waals surface area contributed by atoms with E-state index in [0.717, 1.165) is 12.0 Å². The second-order valence-electron chi connectivity index (χ2n) is 7.17. The maximum atomic E-state index is 3.83. The van der Waals surface area contributed by atoms with Gasteiger partial charge in [0, 0.05) is 17.1 Å². The minimum Gasteiger partial charge on any atom is -0.313 e. The van der Waals surface area contributed by atoms with Crippen molar-refractivity contribution in [1.29, 1.82) is 0 Å². The number of benzene rings is 1. The second kappa shape index (κ2) is 6.19. The van der Waals surface area contributed by atoms with E-state index in [1.54, 1.807) is 0 Å². The smallest absolute Gasteiger partial charge is 0.0178 e. The van der Waals surface area contributed by atoms with Crippen LogP contribution in [0.4, 0.5) is 0 Å². The third kappa shape index (κ3) is 3.46. The summed E-state index contributed by atoms with van der Waals surface area (Å²) in [4.78, 5) is 0. The van der Waals surface area contributed by atoms with Gasteiger partial charge < -0.3 is 5.32 Å². The van der Waals surface area contributed by atoms with Gasteiger partial charge in [0.25, 0.3) is 0 Å². The van der Waals surface area contributed by atoms with Crippen LogP contribution in [0.1, 0.15) is 63.4 Å². The summed E-state index contributed by atoms with van der Waals surface area (Å²) in [5, 5.41) is 3.83. The summed E-state index contributed by atoms with van der Waals surface area (Å²) in [6, 6.07) is 9.57. The average molecular weight is 336 g/mol. The molecular formula is C18H26BrN. The molecule has 0 atom stereocenters. The van der Waals surface area contributed by atoms with E-state index in [4.69, 9.17) is 0 Å². The molecule has 0 radical (unpaired) electrons. The SMILES string of the molecule is CC1(CNC2CC(c3cccc(Br)c3)C2)CCCCC1. The lowest BCUT2D eigenvalue weighted by Gasteiger charge is -2.41. The Bertz CT molecular complexity index is 444. The van der Waals surface area contributed by atoms with Crippen molar-refractivity contribution >= 4 is 15.9 Å². The fourth-order valence-corrected chi connectivity index (χ4v) is 4.21. The minimum absolute atomic E-state index is 0.569. The van der Waals surface area contributed by atoms with Gasteiger partial charge in [-0.1, -0.05) is 54.2 Å². The standard InChI is InChI=1S/C18H26BrN/c1-18(8-3-2-4-9-18)13-20-17-11-15(12-17)14-6-5-7-16(19)10-14/h5-7,10,15,17,20H,2-4,8-9,11-13H2,1H3. The lowest BCUT2D eigenvalue weighted by Crippen LogP contribution is -2.45. The Morgan fingerprint density at radius 2 is 1.95 bits per heavy atom. The molecule has 1 nitrogen and oxygen atoms in total. The summed E-state index contributed by atoms with van der Waals surface area (Å²) < 4.78 is 1.21. The number of rotatable bonds is 4. The van der Waals surface area contributed by atoms with Crippen molar-refractivity contribution in [2.75, 3.05) is 6.54 Å². The Kier molecular flexibility index (Phi) is 4.52. The van der Waals surface area contributed by atoms with Crippen molar-refractivity contribution in [3.63, 3.8) is 0 Å². The summed E-state index contributed by atoms with van der Waals surface area (Å²) >= 11 is 3.57. The van der Waals surface area contributed by atoms with Crippen LogP contribution in [0.3, 0.4) is 0 Å². The molecule has 110 valence electrons. The van der Waals surface area contributed by atoms with Crippen LogP contribution >= 0.6 is 15.9 Å². The predicted octanol–water partition coefficient (Wildman–Crippen LogP) is 5.26. The minimum atomic E-state index is 0.569. The predicted molar refractivity (Wildman–Crippen MR) is 89.1 cm³/mol. The molecule has 2 saturated carbocycles.